The van der Waals surface area contributed by atoms with Crippen LogP contribution in [0.15, 0.2) is 4.99 Å². The average molecular weight is 634 g/mol. The minimum atomic E-state index is 0.243. The molecular formula is C42H87N3. The number of nitrogens with zero attached hydrogens (tertiary/aromatic N) is 1. The van der Waals surface area contributed by atoms with E-state index in [0.717, 1.165) is 25.2 Å². The second-order valence-electron chi connectivity index (χ2n) is 15.0. The maximum absolute atomic E-state index is 6.56. The van der Waals surface area contributed by atoms with Crippen LogP contribution in [-0.2, 0) is 0 Å². The molecule has 0 fully saturated rings. The Morgan fingerprint density at radius 3 is 1.04 bits per heavy atom. The van der Waals surface area contributed by atoms with E-state index < -0.39 is 0 Å². The van der Waals surface area contributed by atoms with Gasteiger partial charge < -0.3 is 11.1 Å². The summed E-state index contributed by atoms with van der Waals surface area (Å²) in [4.78, 5) is 4.96. The number of rotatable bonds is 37. The molecule has 3 heteroatoms. The number of amidine groups is 1. The van der Waals surface area contributed by atoms with E-state index in [2.05, 4.69) is 33.0 Å². The van der Waals surface area contributed by atoms with E-state index in [9.17, 15) is 0 Å². The van der Waals surface area contributed by atoms with Gasteiger partial charge in [0.05, 0.1) is 5.84 Å². The van der Waals surface area contributed by atoms with E-state index in [1.54, 1.807) is 0 Å². The van der Waals surface area contributed by atoms with Gasteiger partial charge in [0.25, 0.3) is 0 Å². The number of hydrogen-bond acceptors (Lipinski definition) is 2. The summed E-state index contributed by atoms with van der Waals surface area (Å²) in [7, 11) is 0. The second-order valence-corrected chi connectivity index (χ2v) is 15.0. The second kappa shape index (κ2) is 37.9. The third-order valence-electron chi connectivity index (χ3n) is 9.65. The van der Waals surface area contributed by atoms with Crippen molar-refractivity contribution in [3.8, 4) is 0 Å². The standard InChI is InChI=1S/C42H87N3/c1-5-7-9-11-13-15-17-19-21-23-25-27-29-31-33-35-37-41(43)39-42(45-40(3)4)44-38-36-34-32-30-28-26-24-22-20-18-16-14-12-10-8-6-2/h40-41H,5-39,43H2,1-4H3,(H,44,45). The maximum atomic E-state index is 6.56. The van der Waals surface area contributed by atoms with Crippen molar-refractivity contribution in [3.05, 3.63) is 0 Å². The Balaban J connectivity index is 3.64. The highest BCUT2D eigenvalue weighted by atomic mass is 15.0. The Morgan fingerprint density at radius 1 is 0.444 bits per heavy atom. The van der Waals surface area contributed by atoms with Crippen LogP contribution < -0.4 is 11.1 Å². The summed E-state index contributed by atoms with van der Waals surface area (Å²) < 4.78 is 0. The first-order valence-electron chi connectivity index (χ1n) is 21.2. The van der Waals surface area contributed by atoms with Crippen molar-refractivity contribution in [1.82, 2.24) is 5.32 Å². The van der Waals surface area contributed by atoms with E-state index in [1.807, 2.05) is 0 Å². The summed E-state index contributed by atoms with van der Waals surface area (Å²) in [6.45, 7) is 9.99. The molecule has 0 saturated heterocycles. The zero-order valence-electron chi connectivity index (χ0n) is 31.9. The van der Waals surface area contributed by atoms with Gasteiger partial charge >= 0.3 is 0 Å². The third kappa shape index (κ3) is 37.8. The van der Waals surface area contributed by atoms with Crippen LogP contribution in [0.25, 0.3) is 0 Å². The molecule has 0 bridgehead atoms. The van der Waals surface area contributed by atoms with Gasteiger partial charge in [0.1, 0.15) is 0 Å². The molecule has 0 aromatic heterocycles. The monoisotopic (exact) mass is 634 g/mol. The first-order chi connectivity index (χ1) is 22.1. The number of hydrogen-bond donors (Lipinski definition) is 2. The summed E-state index contributed by atoms with van der Waals surface area (Å²) in [5.41, 5.74) is 6.56. The first kappa shape index (κ1) is 44.4. The SMILES string of the molecule is CCCCCCCCCCCCCCCCCCN=C(CC(N)CCCCCCCCCCCCCCCCCC)NC(C)C. The maximum Gasteiger partial charge on any atom is 0.0980 e. The van der Waals surface area contributed by atoms with E-state index >= 15 is 0 Å². The molecule has 1 unspecified atom stereocenters. The molecule has 0 aromatic carbocycles. The van der Waals surface area contributed by atoms with Crippen LogP contribution in [0.3, 0.4) is 0 Å². The van der Waals surface area contributed by atoms with Gasteiger partial charge in [0, 0.05) is 25.0 Å². The van der Waals surface area contributed by atoms with E-state index in [4.69, 9.17) is 10.7 Å². The summed E-state index contributed by atoms with van der Waals surface area (Å²) in [5.74, 6) is 1.15. The van der Waals surface area contributed by atoms with E-state index in [1.165, 1.54) is 205 Å². The van der Waals surface area contributed by atoms with Crippen molar-refractivity contribution in [3.63, 3.8) is 0 Å². The molecule has 0 spiro atoms. The van der Waals surface area contributed by atoms with Gasteiger partial charge in [0.15, 0.2) is 0 Å². The third-order valence-corrected chi connectivity index (χ3v) is 9.65. The Labute approximate surface area is 285 Å². The lowest BCUT2D eigenvalue weighted by Gasteiger charge is -2.17. The fraction of sp³-hybridized carbons (Fsp3) is 0.976. The molecule has 3 nitrogen and oxygen atoms in total. The highest BCUT2D eigenvalue weighted by Crippen LogP contribution is 2.16. The zero-order chi connectivity index (χ0) is 32.9. The van der Waals surface area contributed by atoms with Crippen LogP contribution in [0.5, 0.6) is 0 Å². The summed E-state index contributed by atoms with van der Waals surface area (Å²) in [6, 6.07) is 0.671. The predicted molar refractivity (Wildman–Crippen MR) is 207 cm³/mol. The minimum absolute atomic E-state index is 0.243. The number of nitrogens with two attached hydrogens (primary N) is 1. The summed E-state index contributed by atoms with van der Waals surface area (Å²) in [6.07, 6.45) is 47.4. The molecule has 0 rings (SSSR count). The molecule has 45 heavy (non-hydrogen) atoms. The van der Waals surface area contributed by atoms with Gasteiger partial charge in [-0.25, -0.2) is 0 Å². The Morgan fingerprint density at radius 2 is 0.733 bits per heavy atom. The lowest BCUT2D eigenvalue weighted by molar-refractivity contribution is 0.515. The van der Waals surface area contributed by atoms with Gasteiger partial charge in [-0.3, -0.25) is 4.99 Å². The van der Waals surface area contributed by atoms with Gasteiger partial charge in [-0.1, -0.05) is 213 Å². The summed E-state index contributed by atoms with van der Waals surface area (Å²) in [5, 5.41) is 3.59. The van der Waals surface area contributed by atoms with Crippen LogP contribution >= 0.6 is 0 Å². The van der Waals surface area contributed by atoms with Crippen molar-refractivity contribution in [2.45, 2.75) is 258 Å². The molecule has 0 aliphatic rings. The van der Waals surface area contributed by atoms with Gasteiger partial charge in [-0.2, -0.15) is 0 Å². The molecule has 3 N–H and O–H groups in total. The molecule has 0 amide bonds. The molecule has 0 saturated carbocycles. The number of aliphatic imine (C=N–C) groups is 1. The molecule has 0 radical (unpaired) electrons. The molecule has 0 aliphatic carbocycles. The number of nitrogens with one attached hydrogen (secondary N) is 1. The zero-order valence-corrected chi connectivity index (χ0v) is 31.9. The molecular weight excluding hydrogens is 546 g/mol. The largest absolute Gasteiger partial charge is 0.372 e. The minimum Gasteiger partial charge on any atom is -0.372 e. The van der Waals surface area contributed by atoms with Crippen LogP contribution in [0.2, 0.25) is 0 Å². The Hall–Kier alpha value is -0.570. The van der Waals surface area contributed by atoms with Gasteiger partial charge in [0.2, 0.25) is 0 Å². The van der Waals surface area contributed by atoms with Crippen molar-refractivity contribution >= 4 is 5.84 Å². The fourth-order valence-electron chi connectivity index (χ4n) is 6.68. The Bertz CT molecular complexity index is 572. The normalized spacial score (nSPS) is 12.8. The molecule has 0 aromatic rings. The Kier molecular flexibility index (Phi) is 37.4. The average Bonchev–Trinajstić information content (AvgIpc) is 3.02. The van der Waals surface area contributed by atoms with Crippen LogP contribution in [0, 0.1) is 0 Å². The molecule has 0 heterocycles. The first-order valence-corrected chi connectivity index (χ1v) is 21.2. The highest BCUT2D eigenvalue weighted by molar-refractivity contribution is 5.83. The predicted octanol–water partition coefficient (Wildman–Crippen LogP) is 14.0. The van der Waals surface area contributed by atoms with Crippen LogP contribution in [-0.4, -0.2) is 24.5 Å². The van der Waals surface area contributed by atoms with Gasteiger partial charge in [-0.05, 0) is 26.7 Å². The molecule has 0 aliphatic heterocycles. The lowest BCUT2D eigenvalue weighted by Crippen LogP contribution is -2.36. The van der Waals surface area contributed by atoms with Gasteiger partial charge in [-0.15, -0.1) is 0 Å². The highest BCUT2D eigenvalue weighted by Gasteiger charge is 2.09. The van der Waals surface area contributed by atoms with Crippen LogP contribution in [0.4, 0.5) is 0 Å². The van der Waals surface area contributed by atoms with E-state index in [-0.39, 0.29) is 6.04 Å². The fourth-order valence-corrected chi connectivity index (χ4v) is 6.68. The van der Waals surface area contributed by atoms with Crippen molar-refractivity contribution < 1.29 is 0 Å². The van der Waals surface area contributed by atoms with Crippen LogP contribution in [0.1, 0.15) is 246 Å². The van der Waals surface area contributed by atoms with E-state index in [0.29, 0.717) is 6.04 Å². The van der Waals surface area contributed by atoms with Crippen molar-refractivity contribution in [2.24, 2.45) is 10.7 Å². The topological polar surface area (TPSA) is 50.4 Å². The lowest BCUT2D eigenvalue weighted by atomic mass is 10.0. The van der Waals surface area contributed by atoms with Crippen molar-refractivity contribution in [2.75, 3.05) is 6.54 Å². The number of unbranched alkanes of at least 4 members (excludes halogenated alkanes) is 30. The molecule has 1 atom stereocenters. The molecule has 270 valence electrons. The van der Waals surface area contributed by atoms with Crippen molar-refractivity contribution in [1.29, 1.82) is 0 Å². The smallest absolute Gasteiger partial charge is 0.0980 e. The quantitative estimate of drug-likeness (QED) is 0.0406. The summed E-state index contributed by atoms with van der Waals surface area (Å²) >= 11 is 0.